The van der Waals surface area contributed by atoms with Gasteiger partial charge in [-0.2, -0.15) is 10.1 Å². The van der Waals surface area contributed by atoms with Crippen molar-refractivity contribution in [1.82, 2.24) is 18.7 Å². The molecule has 0 unspecified atom stereocenters. The van der Waals surface area contributed by atoms with Crippen molar-refractivity contribution in [1.29, 1.82) is 0 Å². The number of hydrogen-bond acceptors (Lipinski definition) is 5. The van der Waals surface area contributed by atoms with E-state index >= 15 is 0 Å². The van der Waals surface area contributed by atoms with Gasteiger partial charge in [0.25, 0.3) is 5.56 Å². The van der Waals surface area contributed by atoms with Crippen LogP contribution < -0.4 is 16.7 Å². The highest BCUT2D eigenvalue weighted by Gasteiger charge is 2.26. The quantitative estimate of drug-likeness (QED) is 0.833. The van der Waals surface area contributed by atoms with E-state index in [-0.39, 0.29) is 18.1 Å². The Bertz CT molecular complexity index is 943. The summed E-state index contributed by atoms with van der Waals surface area (Å²) in [5.41, 5.74) is 4.39. The van der Waals surface area contributed by atoms with Crippen LogP contribution in [-0.4, -0.2) is 24.4 Å². The highest BCUT2D eigenvalue weighted by Crippen LogP contribution is 2.25. The van der Waals surface area contributed by atoms with Crippen LogP contribution in [0.25, 0.3) is 11.2 Å². The minimum absolute atomic E-state index is 0.107. The molecule has 0 saturated carbocycles. The van der Waals surface area contributed by atoms with Crippen LogP contribution in [0.4, 0.5) is 5.95 Å². The van der Waals surface area contributed by atoms with Crippen molar-refractivity contribution in [2.75, 3.05) is 5.43 Å². The molecule has 22 heavy (non-hydrogen) atoms. The molecule has 0 bridgehead atoms. The molecule has 116 valence electrons. The molecule has 3 rings (SSSR count). The van der Waals surface area contributed by atoms with Gasteiger partial charge in [-0.1, -0.05) is 12.2 Å². The van der Waals surface area contributed by atoms with Crippen molar-refractivity contribution in [3.05, 3.63) is 33.0 Å². The molecule has 1 aliphatic rings. The zero-order valence-electron chi connectivity index (χ0n) is 13.0. The predicted molar refractivity (Wildman–Crippen MR) is 85.5 cm³/mol. The van der Waals surface area contributed by atoms with E-state index in [1.54, 1.807) is 18.5 Å². The summed E-state index contributed by atoms with van der Waals surface area (Å²) in [5, 5.41) is 4.17. The van der Waals surface area contributed by atoms with E-state index in [2.05, 4.69) is 22.1 Å². The number of nitrogens with one attached hydrogen (secondary N) is 1. The second-order valence-electron chi connectivity index (χ2n) is 5.71. The summed E-state index contributed by atoms with van der Waals surface area (Å²) in [6, 6.07) is -0.107. The third-order valence-electron chi connectivity index (χ3n) is 3.93. The third-order valence-corrected chi connectivity index (χ3v) is 3.93. The standard InChI is InChI=1S/C14H18N6O2/c1-7(2)6-19-12(21)10-11(18(5)14(19)22)15-13-17-16-8(3)9(4)20(10)13/h9H,1,6H2,2-5H3,(H,15,17)/t9-/m1/s1. The Morgan fingerprint density at radius 1 is 1.41 bits per heavy atom. The van der Waals surface area contributed by atoms with Crippen molar-refractivity contribution >= 4 is 22.8 Å². The largest absolute Gasteiger partial charge is 0.332 e. The van der Waals surface area contributed by atoms with Crippen molar-refractivity contribution in [3.8, 4) is 0 Å². The molecular formula is C14H18N6O2. The van der Waals surface area contributed by atoms with E-state index in [1.807, 2.05) is 13.8 Å². The Balaban J connectivity index is 2.43. The fourth-order valence-electron chi connectivity index (χ4n) is 2.62. The molecule has 1 aliphatic heterocycles. The monoisotopic (exact) mass is 302 g/mol. The Kier molecular flexibility index (Phi) is 3.05. The minimum Gasteiger partial charge on any atom is -0.294 e. The van der Waals surface area contributed by atoms with Crippen molar-refractivity contribution in [2.24, 2.45) is 12.1 Å². The summed E-state index contributed by atoms with van der Waals surface area (Å²) in [7, 11) is 1.61. The molecule has 0 fully saturated rings. The molecule has 2 aromatic heterocycles. The van der Waals surface area contributed by atoms with Crippen LogP contribution >= 0.6 is 0 Å². The van der Waals surface area contributed by atoms with Crippen LogP contribution in [0.1, 0.15) is 26.8 Å². The van der Waals surface area contributed by atoms with E-state index in [0.717, 1.165) is 11.3 Å². The smallest absolute Gasteiger partial charge is 0.294 e. The first-order valence-electron chi connectivity index (χ1n) is 6.99. The lowest BCUT2D eigenvalue weighted by Crippen LogP contribution is -2.40. The minimum atomic E-state index is -0.402. The SMILES string of the molecule is C=C(C)Cn1c(=O)c2c(nc3n2[C@H](C)C(C)=NN3)n(C)c1=O. The van der Waals surface area contributed by atoms with Gasteiger partial charge in [0.05, 0.1) is 18.3 Å². The molecule has 2 aromatic rings. The van der Waals surface area contributed by atoms with E-state index in [0.29, 0.717) is 17.1 Å². The number of allylic oxidation sites excluding steroid dienone is 1. The molecule has 8 heteroatoms. The number of hydrazone groups is 1. The van der Waals surface area contributed by atoms with Crippen LogP contribution in [0.15, 0.2) is 26.8 Å². The maximum Gasteiger partial charge on any atom is 0.332 e. The summed E-state index contributed by atoms with van der Waals surface area (Å²) < 4.78 is 4.36. The van der Waals surface area contributed by atoms with E-state index in [9.17, 15) is 9.59 Å². The fourth-order valence-corrected chi connectivity index (χ4v) is 2.62. The highest BCUT2D eigenvalue weighted by molar-refractivity contribution is 5.90. The summed E-state index contributed by atoms with van der Waals surface area (Å²) >= 11 is 0. The first-order chi connectivity index (χ1) is 10.3. The van der Waals surface area contributed by atoms with Gasteiger partial charge in [0, 0.05) is 7.05 Å². The molecule has 1 atom stereocenters. The number of fused-ring (bicyclic) bond motifs is 3. The highest BCUT2D eigenvalue weighted by atomic mass is 16.2. The van der Waals surface area contributed by atoms with Gasteiger partial charge in [0.15, 0.2) is 11.2 Å². The zero-order chi connectivity index (χ0) is 16.2. The van der Waals surface area contributed by atoms with E-state index in [4.69, 9.17) is 0 Å². The van der Waals surface area contributed by atoms with Gasteiger partial charge in [-0.25, -0.2) is 10.2 Å². The average molecular weight is 302 g/mol. The average Bonchev–Trinajstić information content (AvgIpc) is 2.85. The molecule has 8 nitrogen and oxygen atoms in total. The van der Waals surface area contributed by atoms with Crippen molar-refractivity contribution in [2.45, 2.75) is 33.4 Å². The van der Waals surface area contributed by atoms with Crippen LogP contribution in [0.2, 0.25) is 0 Å². The summed E-state index contributed by atoms with van der Waals surface area (Å²) in [5.74, 6) is 0.466. The van der Waals surface area contributed by atoms with Crippen LogP contribution in [0, 0.1) is 0 Å². The van der Waals surface area contributed by atoms with Gasteiger partial charge >= 0.3 is 5.69 Å². The summed E-state index contributed by atoms with van der Waals surface area (Å²) in [6.07, 6.45) is 0. The number of hydrogen-bond donors (Lipinski definition) is 1. The number of rotatable bonds is 2. The molecular weight excluding hydrogens is 284 g/mol. The molecule has 0 spiro atoms. The Morgan fingerprint density at radius 2 is 2.09 bits per heavy atom. The first-order valence-corrected chi connectivity index (χ1v) is 6.99. The zero-order valence-corrected chi connectivity index (χ0v) is 13.0. The van der Waals surface area contributed by atoms with Crippen molar-refractivity contribution in [3.63, 3.8) is 0 Å². The number of aromatic nitrogens is 4. The van der Waals surface area contributed by atoms with Gasteiger partial charge in [0.2, 0.25) is 5.95 Å². The van der Waals surface area contributed by atoms with Gasteiger partial charge in [-0.3, -0.25) is 18.5 Å². The van der Waals surface area contributed by atoms with Gasteiger partial charge in [0.1, 0.15) is 0 Å². The molecule has 1 N–H and O–H groups in total. The molecule has 0 aromatic carbocycles. The van der Waals surface area contributed by atoms with E-state index < -0.39 is 5.69 Å². The summed E-state index contributed by atoms with van der Waals surface area (Å²) in [4.78, 5) is 29.5. The lowest BCUT2D eigenvalue weighted by atomic mass is 10.2. The van der Waals surface area contributed by atoms with Crippen molar-refractivity contribution < 1.29 is 0 Å². The number of anilines is 1. The molecule has 0 amide bonds. The first kappa shape index (κ1) is 14.3. The third kappa shape index (κ3) is 1.83. The van der Waals surface area contributed by atoms with Gasteiger partial charge in [-0.05, 0) is 20.8 Å². The number of imidazole rings is 1. The molecule has 0 radical (unpaired) electrons. The fraction of sp³-hybridized carbons (Fsp3) is 0.429. The van der Waals surface area contributed by atoms with Crippen LogP contribution in [-0.2, 0) is 13.6 Å². The predicted octanol–water partition coefficient (Wildman–Crippen LogP) is 0.835. The number of aryl methyl sites for hydroxylation is 1. The Labute approximate surface area is 126 Å². The molecule has 0 saturated heterocycles. The lowest BCUT2D eigenvalue weighted by molar-refractivity contribution is 0.640. The maximum atomic E-state index is 12.8. The molecule has 0 aliphatic carbocycles. The Hall–Kier alpha value is -2.64. The van der Waals surface area contributed by atoms with Crippen LogP contribution in [0.5, 0.6) is 0 Å². The maximum absolute atomic E-state index is 12.8. The normalized spacial score (nSPS) is 17.1. The molecule has 3 heterocycles. The van der Waals surface area contributed by atoms with E-state index in [1.165, 1.54) is 9.13 Å². The summed E-state index contributed by atoms with van der Waals surface area (Å²) in [6.45, 7) is 9.57. The Morgan fingerprint density at radius 3 is 2.73 bits per heavy atom. The second kappa shape index (κ2) is 4.69. The second-order valence-corrected chi connectivity index (χ2v) is 5.71. The van der Waals surface area contributed by atoms with Crippen LogP contribution in [0.3, 0.4) is 0 Å². The lowest BCUT2D eigenvalue weighted by Gasteiger charge is -2.21. The van der Waals surface area contributed by atoms with Gasteiger partial charge in [-0.15, -0.1) is 0 Å². The topological polar surface area (TPSA) is 86.2 Å². The van der Waals surface area contributed by atoms with Gasteiger partial charge < -0.3 is 0 Å². The number of nitrogens with zero attached hydrogens (tertiary/aromatic N) is 5.